The SMILES string of the molecule is CCCCCC#Cc1ccc2c(Cl)c(O)ccc2c1. The third-order valence-corrected chi connectivity index (χ3v) is 3.47. The lowest BCUT2D eigenvalue weighted by molar-refractivity contribution is 0.476. The number of phenolic OH excluding ortho intramolecular Hbond substituents is 1. The fourth-order valence-electron chi connectivity index (χ4n) is 1.99. The number of unbranched alkanes of at least 4 members (excludes halogenated alkanes) is 3. The van der Waals surface area contributed by atoms with Crippen LogP contribution in [-0.2, 0) is 0 Å². The van der Waals surface area contributed by atoms with Crippen molar-refractivity contribution < 1.29 is 5.11 Å². The van der Waals surface area contributed by atoms with E-state index in [4.69, 9.17) is 11.6 Å². The predicted molar refractivity (Wildman–Crippen MR) is 81.6 cm³/mol. The quantitative estimate of drug-likeness (QED) is 0.606. The van der Waals surface area contributed by atoms with Gasteiger partial charge in [-0.2, -0.15) is 0 Å². The maximum Gasteiger partial charge on any atom is 0.134 e. The monoisotopic (exact) mass is 272 g/mol. The molecule has 0 atom stereocenters. The second-order valence-electron chi connectivity index (χ2n) is 4.59. The first kappa shape index (κ1) is 13.8. The Bertz CT molecular complexity index is 635. The Morgan fingerprint density at radius 1 is 1.16 bits per heavy atom. The van der Waals surface area contributed by atoms with Gasteiger partial charge in [-0.1, -0.05) is 55.3 Å². The summed E-state index contributed by atoms with van der Waals surface area (Å²) in [6, 6.07) is 9.34. The van der Waals surface area contributed by atoms with Crippen LogP contribution in [0.25, 0.3) is 10.8 Å². The molecular weight excluding hydrogens is 256 g/mol. The highest BCUT2D eigenvalue weighted by molar-refractivity contribution is 6.37. The van der Waals surface area contributed by atoms with E-state index in [1.165, 1.54) is 12.8 Å². The highest BCUT2D eigenvalue weighted by Crippen LogP contribution is 2.31. The lowest BCUT2D eigenvalue weighted by Gasteiger charge is -2.03. The summed E-state index contributed by atoms with van der Waals surface area (Å²) in [6.45, 7) is 2.19. The fourth-order valence-corrected chi connectivity index (χ4v) is 2.22. The topological polar surface area (TPSA) is 20.2 Å². The molecule has 98 valence electrons. The molecule has 0 aliphatic rings. The van der Waals surface area contributed by atoms with Gasteiger partial charge in [0, 0.05) is 17.4 Å². The average molecular weight is 273 g/mol. The Balaban J connectivity index is 2.20. The maximum atomic E-state index is 9.55. The molecule has 0 fully saturated rings. The Kier molecular flexibility index (Phi) is 4.71. The van der Waals surface area contributed by atoms with Crippen LogP contribution in [-0.4, -0.2) is 5.11 Å². The Hall–Kier alpha value is -1.65. The molecule has 0 unspecified atom stereocenters. The summed E-state index contributed by atoms with van der Waals surface area (Å²) in [4.78, 5) is 0. The maximum absolute atomic E-state index is 9.55. The average Bonchev–Trinajstić information content (AvgIpc) is 2.43. The number of phenols is 1. The van der Waals surface area contributed by atoms with Crippen LogP contribution >= 0.6 is 11.6 Å². The van der Waals surface area contributed by atoms with Crippen molar-refractivity contribution in [2.24, 2.45) is 0 Å². The highest BCUT2D eigenvalue weighted by Gasteiger charge is 2.04. The van der Waals surface area contributed by atoms with Crippen LogP contribution in [0.4, 0.5) is 0 Å². The van der Waals surface area contributed by atoms with E-state index in [0.717, 1.165) is 29.2 Å². The van der Waals surface area contributed by atoms with E-state index in [0.29, 0.717) is 5.02 Å². The number of hydrogen-bond acceptors (Lipinski definition) is 1. The van der Waals surface area contributed by atoms with Crippen molar-refractivity contribution in [3.8, 4) is 17.6 Å². The van der Waals surface area contributed by atoms with E-state index in [-0.39, 0.29) is 5.75 Å². The molecule has 0 radical (unpaired) electrons. The molecule has 0 heterocycles. The van der Waals surface area contributed by atoms with Crippen LogP contribution in [0.3, 0.4) is 0 Å². The molecule has 1 nitrogen and oxygen atoms in total. The van der Waals surface area contributed by atoms with Gasteiger partial charge in [-0.15, -0.1) is 0 Å². The molecule has 0 spiro atoms. The minimum Gasteiger partial charge on any atom is -0.506 e. The molecule has 2 aromatic carbocycles. The molecule has 0 aliphatic carbocycles. The van der Waals surface area contributed by atoms with Crippen LogP contribution in [0.2, 0.25) is 5.02 Å². The van der Waals surface area contributed by atoms with Crippen molar-refractivity contribution in [1.82, 2.24) is 0 Å². The number of hydrogen-bond donors (Lipinski definition) is 1. The van der Waals surface area contributed by atoms with Gasteiger partial charge in [0.25, 0.3) is 0 Å². The van der Waals surface area contributed by atoms with Gasteiger partial charge >= 0.3 is 0 Å². The van der Waals surface area contributed by atoms with E-state index < -0.39 is 0 Å². The molecule has 0 saturated heterocycles. The van der Waals surface area contributed by atoms with E-state index >= 15 is 0 Å². The van der Waals surface area contributed by atoms with Crippen LogP contribution in [0, 0.1) is 11.8 Å². The lowest BCUT2D eigenvalue weighted by Crippen LogP contribution is -1.79. The molecule has 19 heavy (non-hydrogen) atoms. The molecule has 0 amide bonds. The van der Waals surface area contributed by atoms with Gasteiger partial charge in [-0.3, -0.25) is 0 Å². The fraction of sp³-hybridized carbons (Fsp3) is 0.294. The summed E-state index contributed by atoms with van der Waals surface area (Å²) in [6.07, 6.45) is 4.57. The molecular formula is C17H17ClO. The molecule has 0 aromatic heterocycles. The third-order valence-electron chi connectivity index (χ3n) is 3.07. The predicted octanol–water partition coefficient (Wildman–Crippen LogP) is 5.13. The second-order valence-corrected chi connectivity index (χ2v) is 4.97. The minimum absolute atomic E-state index is 0.118. The molecule has 2 rings (SSSR count). The third kappa shape index (κ3) is 3.43. The van der Waals surface area contributed by atoms with Gasteiger partial charge < -0.3 is 5.11 Å². The minimum atomic E-state index is 0.118. The van der Waals surface area contributed by atoms with Gasteiger partial charge in [0.05, 0.1) is 5.02 Å². The van der Waals surface area contributed by atoms with E-state index in [9.17, 15) is 5.11 Å². The van der Waals surface area contributed by atoms with Crippen LogP contribution in [0.5, 0.6) is 5.75 Å². The first-order valence-electron chi connectivity index (χ1n) is 6.62. The van der Waals surface area contributed by atoms with Crippen molar-refractivity contribution in [2.45, 2.75) is 32.6 Å². The van der Waals surface area contributed by atoms with Crippen LogP contribution in [0.15, 0.2) is 30.3 Å². The van der Waals surface area contributed by atoms with Crippen molar-refractivity contribution in [2.75, 3.05) is 0 Å². The molecule has 0 bridgehead atoms. The van der Waals surface area contributed by atoms with Gasteiger partial charge in [-0.25, -0.2) is 0 Å². The number of benzene rings is 2. The zero-order chi connectivity index (χ0) is 13.7. The van der Waals surface area contributed by atoms with Gasteiger partial charge in [0.15, 0.2) is 0 Å². The van der Waals surface area contributed by atoms with Gasteiger partial charge in [0.2, 0.25) is 0 Å². The molecule has 2 aromatic rings. The zero-order valence-electron chi connectivity index (χ0n) is 11.0. The van der Waals surface area contributed by atoms with Crippen LogP contribution < -0.4 is 0 Å². The van der Waals surface area contributed by atoms with Crippen molar-refractivity contribution in [3.63, 3.8) is 0 Å². The summed E-state index contributed by atoms with van der Waals surface area (Å²) < 4.78 is 0. The molecule has 1 N–H and O–H groups in total. The summed E-state index contributed by atoms with van der Waals surface area (Å²) in [5, 5.41) is 11.8. The number of rotatable bonds is 3. The summed E-state index contributed by atoms with van der Waals surface area (Å²) in [5.41, 5.74) is 0.991. The van der Waals surface area contributed by atoms with Crippen molar-refractivity contribution in [1.29, 1.82) is 0 Å². The number of halogens is 1. The summed E-state index contributed by atoms with van der Waals surface area (Å²) >= 11 is 6.05. The molecule has 0 saturated carbocycles. The first-order valence-corrected chi connectivity index (χ1v) is 7.00. The van der Waals surface area contributed by atoms with Gasteiger partial charge in [-0.05, 0) is 30.0 Å². The number of aromatic hydroxyl groups is 1. The number of fused-ring (bicyclic) bond motifs is 1. The zero-order valence-corrected chi connectivity index (χ0v) is 11.8. The Morgan fingerprint density at radius 2 is 2.00 bits per heavy atom. The normalized spacial score (nSPS) is 10.2. The van der Waals surface area contributed by atoms with E-state index in [2.05, 4.69) is 18.8 Å². The summed E-state index contributed by atoms with van der Waals surface area (Å²) in [5.74, 6) is 6.49. The van der Waals surface area contributed by atoms with Crippen molar-refractivity contribution in [3.05, 3.63) is 40.9 Å². The van der Waals surface area contributed by atoms with Crippen LogP contribution in [0.1, 0.15) is 38.2 Å². The van der Waals surface area contributed by atoms with Crippen molar-refractivity contribution >= 4 is 22.4 Å². The standard InChI is InChI=1S/C17H17ClO/c1-2-3-4-5-6-7-13-8-10-15-14(12-13)9-11-16(19)17(15)18/h8-12,19H,2-5H2,1H3. The highest BCUT2D eigenvalue weighted by atomic mass is 35.5. The summed E-state index contributed by atoms with van der Waals surface area (Å²) in [7, 11) is 0. The Labute approximate surface area is 119 Å². The van der Waals surface area contributed by atoms with E-state index in [1.54, 1.807) is 6.07 Å². The van der Waals surface area contributed by atoms with Gasteiger partial charge in [0.1, 0.15) is 5.75 Å². The first-order chi connectivity index (χ1) is 9.22. The second kappa shape index (κ2) is 6.50. The molecule has 0 aliphatic heterocycles. The van der Waals surface area contributed by atoms with E-state index in [1.807, 2.05) is 24.3 Å². The Morgan fingerprint density at radius 3 is 2.79 bits per heavy atom. The smallest absolute Gasteiger partial charge is 0.134 e. The largest absolute Gasteiger partial charge is 0.506 e. The molecule has 2 heteroatoms. The lowest BCUT2D eigenvalue weighted by atomic mass is 10.1.